The van der Waals surface area contributed by atoms with Crippen molar-refractivity contribution in [3.8, 4) is 11.5 Å². The molecule has 0 amide bonds. The number of sulfonamides is 1. The highest BCUT2D eigenvalue weighted by molar-refractivity contribution is 7.89. The van der Waals surface area contributed by atoms with E-state index in [0.717, 1.165) is 19.3 Å². The van der Waals surface area contributed by atoms with Crippen LogP contribution in [0.5, 0.6) is 11.5 Å². The zero-order valence-corrected chi connectivity index (χ0v) is 14.6. The van der Waals surface area contributed by atoms with Crippen LogP contribution in [-0.2, 0) is 10.0 Å². The van der Waals surface area contributed by atoms with Crippen molar-refractivity contribution in [3.63, 3.8) is 0 Å². The van der Waals surface area contributed by atoms with Crippen LogP contribution in [0, 0.1) is 0 Å². The Bertz CT molecular complexity index is 600. The lowest BCUT2D eigenvalue weighted by atomic mass is 10.1. The van der Waals surface area contributed by atoms with Gasteiger partial charge in [0, 0.05) is 0 Å². The Morgan fingerprint density at radius 1 is 1.22 bits per heavy atom. The van der Waals surface area contributed by atoms with E-state index in [0.29, 0.717) is 17.7 Å². The summed E-state index contributed by atoms with van der Waals surface area (Å²) >= 11 is 0. The molecule has 0 saturated heterocycles. The monoisotopic (exact) mass is 342 g/mol. The molecule has 0 spiro atoms. The minimum absolute atomic E-state index is 0.0216. The first kappa shape index (κ1) is 19.3. The molecule has 130 valence electrons. The van der Waals surface area contributed by atoms with Crippen molar-refractivity contribution in [3.05, 3.63) is 23.8 Å². The molecule has 0 atom stereocenters. The molecule has 0 radical (unpaired) electrons. The maximum atomic E-state index is 11.8. The third-order valence-corrected chi connectivity index (χ3v) is 4.59. The van der Waals surface area contributed by atoms with Crippen molar-refractivity contribution in [2.45, 2.75) is 45.4 Å². The van der Waals surface area contributed by atoms with E-state index in [9.17, 15) is 13.5 Å². The molecule has 0 heterocycles. The molecular formula is C16H26N2O4S. The Morgan fingerprint density at radius 3 is 2.61 bits per heavy atom. The topological polar surface area (TPSA) is 88.0 Å². The van der Waals surface area contributed by atoms with Gasteiger partial charge in [-0.25, -0.2) is 13.2 Å². The van der Waals surface area contributed by atoms with Gasteiger partial charge in [-0.2, -0.15) is 5.10 Å². The van der Waals surface area contributed by atoms with E-state index < -0.39 is 10.0 Å². The number of unbranched alkanes of at least 4 members (excludes halogenated alkanes) is 5. The van der Waals surface area contributed by atoms with Crippen LogP contribution < -0.4 is 9.57 Å². The van der Waals surface area contributed by atoms with Gasteiger partial charge in [-0.1, -0.05) is 39.0 Å². The third-order valence-electron chi connectivity index (χ3n) is 3.38. The first-order chi connectivity index (χ1) is 11.0. The molecule has 6 nitrogen and oxygen atoms in total. The van der Waals surface area contributed by atoms with Gasteiger partial charge in [-0.15, -0.1) is 0 Å². The van der Waals surface area contributed by atoms with Crippen molar-refractivity contribution < 1.29 is 18.3 Å². The summed E-state index contributed by atoms with van der Waals surface area (Å²) < 4.78 is 28.6. The van der Waals surface area contributed by atoms with Crippen molar-refractivity contribution in [1.82, 2.24) is 4.83 Å². The number of rotatable bonds is 11. The molecule has 7 heteroatoms. The molecule has 0 bridgehead atoms. The molecule has 23 heavy (non-hydrogen) atoms. The van der Waals surface area contributed by atoms with E-state index in [1.807, 2.05) is 0 Å². The summed E-state index contributed by atoms with van der Waals surface area (Å²) in [4.78, 5) is 2.20. The lowest BCUT2D eigenvalue weighted by molar-refractivity contribution is 0.373. The number of phenolic OH excluding ortho intramolecular Hbond substituents is 1. The number of aromatic hydroxyl groups is 1. The van der Waals surface area contributed by atoms with Crippen LogP contribution in [-0.4, -0.2) is 32.6 Å². The van der Waals surface area contributed by atoms with Crippen molar-refractivity contribution in [1.29, 1.82) is 0 Å². The standard InChI is InChI=1S/C16H26N2O4S/c1-3-4-5-6-7-8-11-23(20,21)18-17-13-14-9-10-15(19)16(12-14)22-2/h9-10,12-13,18-19H,3-8,11H2,1-2H3/b17-13+. The average Bonchev–Trinajstić information content (AvgIpc) is 2.52. The number of nitrogens with one attached hydrogen (secondary N) is 1. The van der Waals surface area contributed by atoms with E-state index in [1.165, 1.54) is 32.2 Å². The SMILES string of the molecule is CCCCCCCCS(=O)(=O)N/N=C/c1ccc(O)c(OC)c1. The van der Waals surface area contributed by atoms with Gasteiger partial charge < -0.3 is 9.84 Å². The van der Waals surface area contributed by atoms with Crippen LogP contribution >= 0.6 is 0 Å². The quantitative estimate of drug-likeness (QED) is 0.367. The van der Waals surface area contributed by atoms with Gasteiger partial charge in [0.15, 0.2) is 11.5 Å². The Morgan fingerprint density at radius 2 is 1.91 bits per heavy atom. The molecular weight excluding hydrogens is 316 g/mol. The summed E-state index contributed by atoms with van der Waals surface area (Å²) in [7, 11) is -1.95. The highest BCUT2D eigenvalue weighted by Crippen LogP contribution is 2.25. The summed E-state index contributed by atoms with van der Waals surface area (Å²) in [6.07, 6.45) is 7.54. The summed E-state index contributed by atoms with van der Waals surface area (Å²) in [6.45, 7) is 2.15. The number of nitrogens with zero attached hydrogens (tertiary/aromatic N) is 1. The number of methoxy groups -OCH3 is 1. The Labute approximate surface area is 138 Å². The number of hydrazone groups is 1. The van der Waals surface area contributed by atoms with E-state index in [4.69, 9.17) is 4.74 Å². The second-order valence-corrected chi connectivity index (χ2v) is 7.19. The van der Waals surface area contributed by atoms with Gasteiger partial charge in [-0.05, 0) is 30.2 Å². The molecule has 1 aromatic rings. The van der Waals surface area contributed by atoms with Crippen LogP contribution in [0.15, 0.2) is 23.3 Å². The maximum Gasteiger partial charge on any atom is 0.247 e. The van der Waals surface area contributed by atoms with Crippen molar-refractivity contribution in [2.75, 3.05) is 12.9 Å². The summed E-state index contributed by atoms with van der Waals surface area (Å²) in [6, 6.07) is 4.65. The lowest BCUT2D eigenvalue weighted by Gasteiger charge is -2.05. The van der Waals surface area contributed by atoms with Gasteiger partial charge in [0.05, 0.1) is 19.1 Å². The molecule has 0 aliphatic rings. The lowest BCUT2D eigenvalue weighted by Crippen LogP contribution is -2.21. The summed E-state index contributed by atoms with van der Waals surface area (Å²) in [5, 5.41) is 13.2. The molecule has 2 N–H and O–H groups in total. The van der Waals surface area contributed by atoms with E-state index in [-0.39, 0.29) is 11.5 Å². The van der Waals surface area contributed by atoms with Crippen LogP contribution in [0.1, 0.15) is 51.0 Å². The summed E-state index contributed by atoms with van der Waals surface area (Å²) in [5.41, 5.74) is 0.627. The Hall–Kier alpha value is -1.76. The van der Waals surface area contributed by atoms with Gasteiger partial charge >= 0.3 is 0 Å². The number of hydrogen-bond donors (Lipinski definition) is 2. The predicted molar refractivity (Wildman–Crippen MR) is 92.6 cm³/mol. The van der Waals surface area contributed by atoms with Crippen LogP contribution in [0.2, 0.25) is 0 Å². The van der Waals surface area contributed by atoms with Gasteiger partial charge in [-0.3, -0.25) is 0 Å². The zero-order chi connectivity index (χ0) is 17.1. The largest absolute Gasteiger partial charge is 0.504 e. The second kappa shape index (κ2) is 10.1. The van der Waals surface area contributed by atoms with Gasteiger partial charge in [0.2, 0.25) is 10.0 Å². The first-order valence-corrected chi connectivity index (χ1v) is 9.53. The number of hydrogen-bond acceptors (Lipinski definition) is 5. The van der Waals surface area contributed by atoms with Gasteiger partial charge in [0.1, 0.15) is 0 Å². The highest BCUT2D eigenvalue weighted by atomic mass is 32.2. The molecule has 0 fully saturated rings. The number of benzene rings is 1. The normalized spacial score (nSPS) is 11.7. The average molecular weight is 342 g/mol. The molecule has 0 aliphatic heterocycles. The van der Waals surface area contributed by atoms with E-state index in [2.05, 4.69) is 16.9 Å². The van der Waals surface area contributed by atoms with E-state index >= 15 is 0 Å². The van der Waals surface area contributed by atoms with Crippen LogP contribution in [0.4, 0.5) is 0 Å². The summed E-state index contributed by atoms with van der Waals surface area (Å²) in [5.74, 6) is 0.409. The minimum atomic E-state index is -3.40. The molecule has 0 unspecified atom stereocenters. The van der Waals surface area contributed by atoms with Crippen molar-refractivity contribution >= 4 is 16.2 Å². The molecule has 0 aliphatic carbocycles. The molecule has 0 saturated carbocycles. The first-order valence-electron chi connectivity index (χ1n) is 7.88. The second-order valence-electron chi connectivity index (χ2n) is 5.37. The third kappa shape index (κ3) is 7.88. The molecule has 1 rings (SSSR count). The molecule has 0 aromatic heterocycles. The van der Waals surface area contributed by atoms with E-state index in [1.54, 1.807) is 12.1 Å². The fraction of sp³-hybridized carbons (Fsp3) is 0.562. The van der Waals surface area contributed by atoms with Crippen LogP contribution in [0.3, 0.4) is 0 Å². The van der Waals surface area contributed by atoms with Crippen LogP contribution in [0.25, 0.3) is 0 Å². The highest BCUT2D eigenvalue weighted by Gasteiger charge is 2.07. The number of phenols is 1. The Balaban J connectivity index is 2.40. The maximum absolute atomic E-state index is 11.8. The fourth-order valence-electron chi connectivity index (χ4n) is 2.07. The smallest absolute Gasteiger partial charge is 0.247 e. The Kier molecular flexibility index (Phi) is 8.47. The predicted octanol–water partition coefficient (Wildman–Crippen LogP) is 3.01. The molecule has 1 aromatic carbocycles. The minimum Gasteiger partial charge on any atom is -0.504 e. The van der Waals surface area contributed by atoms with Crippen molar-refractivity contribution in [2.24, 2.45) is 5.10 Å². The van der Waals surface area contributed by atoms with Gasteiger partial charge in [0.25, 0.3) is 0 Å². The zero-order valence-electron chi connectivity index (χ0n) is 13.8. The number of ether oxygens (including phenoxy) is 1. The fourth-order valence-corrected chi connectivity index (χ4v) is 2.96.